The molecule has 1 rings (SSSR count). The van der Waals surface area contributed by atoms with E-state index in [0.717, 1.165) is 0 Å². The molecule has 5 heteroatoms. The van der Waals surface area contributed by atoms with Crippen LogP contribution in [0.5, 0.6) is 0 Å². The van der Waals surface area contributed by atoms with Crippen molar-refractivity contribution in [3.63, 3.8) is 0 Å². The van der Waals surface area contributed by atoms with Crippen LogP contribution in [0.4, 0.5) is 5.82 Å². The Kier molecular flexibility index (Phi) is 4.47. The molecule has 1 aromatic rings. The number of halogens is 1. The highest BCUT2D eigenvalue weighted by atomic mass is 35.5. The molecule has 16 heavy (non-hydrogen) atoms. The fourth-order valence-electron chi connectivity index (χ4n) is 1.15. The Morgan fingerprint density at radius 3 is 2.75 bits per heavy atom. The first-order valence-corrected chi connectivity index (χ1v) is 6.39. The van der Waals surface area contributed by atoms with Gasteiger partial charge in [-0.05, 0) is 6.07 Å². The van der Waals surface area contributed by atoms with Gasteiger partial charge in [0.25, 0.3) is 0 Å². The van der Waals surface area contributed by atoms with Gasteiger partial charge >= 0.3 is 0 Å². The van der Waals surface area contributed by atoms with Gasteiger partial charge in [0.1, 0.15) is 5.82 Å². The molecule has 0 aliphatic carbocycles. The number of nitrogen functional groups attached to an aromatic ring is 1. The molecule has 0 aliphatic rings. The summed E-state index contributed by atoms with van der Waals surface area (Å²) in [6.45, 7) is 6.30. The fourth-order valence-corrected chi connectivity index (χ4v) is 2.15. The number of aliphatic hydroxyl groups excluding tert-OH is 1. The van der Waals surface area contributed by atoms with E-state index in [4.69, 9.17) is 17.3 Å². The van der Waals surface area contributed by atoms with Gasteiger partial charge in [-0.1, -0.05) is 32.4 Å². The summed E-state index contributed by atoms with van der Waals surface area (Å²) in [5.41, 5.74) is 6.29. The van der Waals surface area contributed by atoms with Crippen LogP contribution < -0.4 is 5.73 Å². The van der Waals surface area contributed by atoms with Crippen LogP contribution in [0.25, 0.3) is 0 Å². The summed E-state index contributed by atoms with van der Waals surface area (Å²) in [5.74, 6) is 0.918. The van der Waals surface area contributed by atoms with E-state index in [1.165, 1.54) is 6.20 Å². The van der Waals surface area contributed by atoms with Crippen molar-refractivity contribution >= 4 is 29.2 Å². The van der Waals surface area contributed by atoms with Gasteiger partial charge in [-0.2, -0.15) is 11.8 Å². The lowest BCUT2D eigenvalue weighted by Crippen LogP contribution is -2.13. The van der Waals surface area contributed by atoms with Gasteiger partial charge in [0.05, 0.1) is 11.1 Å². The molecule has 1 unspecified atom stereocenters. The van der Waals surface area contributed by atoms with Gasteiger partial charge in [0.2, 0.25) is 0 Å². The molecular weight excluding hydrogens is 244 g/mol. The molecule has 0 spiro atoms. The van der Waals surface area contributed by atoms with Gasteiger partial charge < -0.3 is 10.8 Å². The number of pyridine rings is 1. The summed E-state index contributed by atoms with van der Waals surface area (Å²) in [4.78, 5) is 3.92. The van der Waals surface area contributed by atoms with Gasteiger partial charge in [0.15, 0.2) is 0 Å². The number of hydrogen-bond acceptors (Lipinski definition) is 4. The van der Waals surface area contributed by atoms with E-state index in [1.54, 1.807) is 17.8 Å². The Morgan fingerprint density at radius 2 is 2.19 bits per heavy atom. The summed E-state index contributed by atoms with van der Waals surface area (Å²) >= 11 is 7.49. The molecule has 0 saturated heterocycles. The van der Waals surface area contributed by atoms with Crippen LogP contribution in [0.3, 0.4) is 0 Å². The van der Waals surface area contributed by atoms with Crippen LogP contribution in [-0.4, -0.2) is 20.6 Å². The predicted octanol–water partition coefficient (Wildman–Crippen LogP) is 2.88. The van der Waals surface area contributed by atoms with E-state index < -0.39 is 6.10 Å². The third-order valence-corrected chi connectivity index (χ3v) is 3.50. The minimum Gasteiger partial charge on any atom is -0.387 e. The van der Waals surface area contributed by atoms with Gasteiger partial charge in [-0.3, -0.25) is 0 Å². The number of rotatable bonds is 3. The molecule has 0 bridgehead atoms. The SMILES string of the molecule is CC(C)(C)SCC(O)c1cc(Cl)cnc1N. The number of anilines is 1. The Labute approximate surface area is 105 Å². The summed E-state index contributed by atoms with van der Waals surface area (Å²) in [6.07, 6.45) is 0.847. The average Bonchev–Trinajstić information content (AvgIpc) is 2.17. The van der Waals surface area contributed by atoms with Crippen molar-refractivity contribution in [2.45, 2.75) is 31.6 Å². The molecule has 0 radical (unpaired) electrons. The van der Waals surface area contributed by atoms with Crippen LogP contribution in [0.2, 0.25) is 5.02 Å². The second-order valence-electron chi connectivity index (χ2n) is 4.57. The number of hydrogen-bond donors (Lipinski definition) is 2. The molecular formula is C11H17ClN2OS. The third kappa shape index (κ3) is 4.20. The van der Waals surface area contributed by atoms with E-state index in [-0.39, 0.29) is 4.75 Å². The Hall–Kier alpha value is -0.450. The van der Waals surface area contributed by atoms with Crippen LogP contribution in [0.15, 0.2) is 12.3 Å². The number of aliphatic hydroxyl groups is 1. The Bertz CT molecular complexity index is 365. The molecule has 1 heterocycles. The van der Waals surface area contributed by atoms with Crippen molar-refractivity contribution in [2.75, 3.05) is 11.5 Å². The Balaban J connectivity index is 2.73. The lowest BCUT2D eigenvalue weighted by Gasteiger charge is -2.20. The summed E-state index contributed by atoms with van der Waals surface area (Å²) in [5, 5.41) is 10.5. The first kappa shape index (κ1) is 13.6. The van der Waals surface area contributed by atoms with Crippen molar-refractivity contribution in [2.24, 2.45) is 0 Å². The molecule has 3 nitrogen and oxygen atoms in total. The van der Waals surface area contributed by atoms with Crippen LogP contribution in [0.1, 0.15) is 32.4 Å². The van der Waals surface area contributed by atoms with Gasteiger partial charge in [-0.25, -0.2) is 4.98 Å². The van der Waals surface area contributed by atoms with Crippen LogP contribution in [-0.2, 0) is 0 Å². The monoisotopic (exact) mass is 260 g/mol. The minimum absolute atomic E-state index is 0.113. The number of nitrogens with zero attached hydrogens (tertiary/aromatic N) is 1. The van der Waals surface area contributed by atoms with Gasteiger partial charge in [-0.15, -0.1) is 0 Å². The third-order valence-electron chi connectivity index (χ3n) is 1.95. The van der Waals surface area contributed by atoms with Gasteiger partial charge in [0, 0.05) is 22.3 Å². The van der Waals surface area contributed by atoms with E-state index in [0.29, 0.717) is 22.2 Å². The van der Waals surface area contributed by atoms with Crippen molar-refractivity contribution in [1.82, 2.24) is 4.98 Å². The zero-order valence-electron chi connectivity index (χ0n) is 9.70. The maximum absolute atomic E-state index is 9.99. The summed E-state index contributed by atoms with van der Waals surface area (Å²) in [7, 11) is 0. The van der Waals surface area contributed by atoms with E-state index in [9.17, 15) is 5.11 Å². The molecule has 3 N–H and O–H groups in total. The smallest absolute Gasteiger partial charge is 0.129 e. The van der Waals surface area contributed by atoms with Crippen LogP contribution >= 0.6 is 23.4 Å². The van der Waals surface area contributed by atoms with E-state index in [2.05, 4.69) is 25.8 Å². The largest absolute Gasteiger partial charge is 0.387 e. The fraction of sp³-hybridized carbons (Fsp3) is 0.545. The molecule has 1 atom stereocenters. The lowest BCUT2D eigenvalue weighted by molar-refractivity contribution is 0.204. The first-order chi connectivity index (χ1) is 7.29. The van der Waals surface area contributed by atoms with E-state index >= 15 is 0 Å². The normalized spacial score (nSPS) is 13.8. The number of thioether (sulfide) groups is 1. The second kappa shape index (κ2) is 5.25. The summed E-state index contributed by atoms with van der Waals surface area (Å²) in [6, 6.07) is 1.66. The standard InChI is InChI=1S/C11H17ClN2OS/c1-11(2,3)16-6-9(15)8-4-7(12)5-14-10(8)13/h4-5,9,15H,6H2,1-3H3,(H2,13,14). The molecule has 0 amide bonds. The highest BCUT2D eigenvalue weighted by Crippen LogP contribution is 2.30. The maximum atomic E-state index is 9.99. The van der Waals surface area contributed by atoms with Crippen molar-refractivity contribution in [3.05, 3.63) is 22.8 Å². The van der Waals surface area contributed by atoms with Crippen molar-refractivity contribution in [1.29, 1.82) is 0 Å². The zero-order valence-corrected chi connectivity index (χ0v) is 11.3. The van der Waals surface area contributed by atoms with Crippen molar-refractivity contribution in [3.8, 4) is 0 Å². The van der Waals surface area contributed by atoms with Crippen molar-refractivity contribution < 1.29 is 5.11 Å². The number of aromatic nitrogens is 1. The quantitative estimate of drug-likeness (QED) is 0.877. The molecule has 0 aliphatic heterocycles. The molecule has 90 valence electrons. The summed E-state index contributed by atoms with van der Waals surface area (Å²) < 4.78 is 0.113. The molecule has 1 aromatic heterocycles. The van der Waals surface area contributed by atoms with Crippen LogP contribution in [0, 0.1) is 0 Å². The second-order valence-corrected chi connectivity index (χ2v) is 6.85. The lowest BCUT2D eigenvalue weighted by atomic mass is 10.1. The zero-order chi connectivity index (χ0) is 12.3. The topological polar surface area (TPSA) is 59.1 Å². The predicted molar refractivity (Wildman–Crippen MR) is 70.8 cm³/mol. The maximum Gasteiger partial charge on any atom is 0.129 e. The molecule has 0 fully saturated rings. The number of nitrogens with two attached hydrogens (primary N) is 1. The average molecular weight is 261 g/mol. The highest BCUT2D eigenvalue weighted by Gasteiger charge is 2.17. The minimum atomic E-state index is -0.629. The molecule has 0 aromatic carbocycles. The molecule has 0 saturated carbocycles. The highest BCUT2D eigenvalue weighted by molar-refractivity contribution is 8.00. The first-order valence-electron chi connectivity index (χ1n) is 5.02. The Morgan fingerprint density at radius 1 is 1.56 bits per heavy atom. The van der Waals surface area contributed by atoms with E-state index in [1.807, 2.05) is 0 Å².